The van der Waals surface area contributed by atoms with Crippen LogP contribution in [0.15, 0.2) is 53.4 Å². The molecule has 0 atom stereocenters. The minimum absolute atomic E-state index is 0.0855. The van der Waals surface area contributed by atoms with Gasteiger partial charge in [0.15, 0.2) is 5.78 Å². The standard InChI is InChI=1S/C17H18FNO4S/c1-23-11-5-8-17(20)15-12-13(9-10-16(15)18)19-24(21,22)14-6-3-2-4-7-14/h2-4,6-7,9-10,12,19H,5,8,11H2,1H3. The number of hydrogen-bond donors (Lipinski definition) is 1. The number of benzene rings is 2. The Morgan fingerprint density at radius 1 is 1.17 bits per heavy atom. The maximum Gasteiger partial charge on any atom is 0.261 e. The predicted molar refractivity (Wildman–Crippen MR) is 89.1 cm³/mol. The molecule has 7 heteroatoms. The van der Waals surface area contributed by atoms with Crippen LogP contribution in [0.25, 0.3) is 0 Å². The Kier molecular flexibility index (Phi) is 6.05. The number of carbonyl (C=O) groups excluding carboxylic acids is 1. The molecule has 0 aromatic heterocycles. The van der Waals surface area contributed by atoms with Crippen LogP contribution in [-0.2, 0) is 14.8 Å². The number of sulfonamides is 1. The molecule has 0 amide bonds. The molecule has 1 N–H and O–H groups in total. The summed E-state index contributed by atoms with van der Waals surface area (Å²) in [6, 6.07) is 11.4. The van der Waals surface area contributed by atoms with Gasteiger partial charge in [-0.2, -0.15) is 0 Å². The molecule has 0 saturated carbocycles. The van der Waals surface area contributed by atoms with Crippen LogP contribution in [0.4, 0.5) is 10.1 Å². The summed E-state index contributed by atoms with van der Waals surface area (Å²) in [5, 5.41) is 0. The van der Waals surface area contributed by atoms with Gasteiger partial charge in [0.25, 0.3) is 10.0 Å². The van der Waals surface area contributed by atoms with Crippen LogP contribution in [-0.4, -0.2) is 27.9 Å². The van der Waals surface area contributed by atoms with Gasteiger partial charge in [-0.1, -0.05) is 18.2 Å². The second-order valence-corrected chi connectivity index (χ2v) is 6.82. The lowest BCUT2D eigenvalue weighted by Gasteiger charge is -2.10. The smallest absolute Gasteiger partial charge is 0.261 e. The Morgan fingerprint density at radius 2 is 1.88 bits per heavy atom. The number of hydrogen-bond acceptors (Lipinski definition) is 4. The van der Waals surface area contributed by atoms with Crippen molar-refractivity contribution in [2.75, 3.05) is 18.4 Å². The molecule has 128 valence electrons. The molecule has 0 aliphatic carbocycles. The zero-order chi connectivity index (χ0) is 17.6. The second kappa shape index (κ2) is 8.03. The van der Waals surface area contributed by atoms with Crippen molar-refractivity contribution in [3.63, 3.8) is 0 Å². The maximum atomic E-state index is 13.9. The topological polar surface area (TPSA) is 72.5 Å². The number of halogens is 1. The molecule has 2 rings (SSSR count). The van der Waals surface area contributed by atoms with Gasteiger partial charge in [0.2, 0.25) is 0 Å². The average molecular weight is 351 g/mol. The van der Waals surface area contributed by atoms with E-state index in [1.807, 2.05) is 0 Å². The van der Waals surface area contributed by atoms with Gasteiger partial charge >= 0.3 is 0 Å². The predicted octanol–water partition coefficient (Wildman–Crippen LogP) is 3.24. The first-order chi connectivity index (χ1) is 11.4. The van der Waals surface area contributed by atoms with Gasteiger partial charge in [0.1, 0.15) is 5.82 Å². The van der Waals surface area contributed by atoms with Gasteiger partial charge in [0.05, 0.1) is 10.5 Å². The second-order valence-electron chi connectivity index (χ2n) is 5.13. The molecule has 0 spiro atoms. The Bertz CT molecular complexity index is 807. The van der Waals surface area contributed by atoms with E-state index >= 15 is 0 Å². The summed E-state index contributed by atoms with van der Waals surface area (Å²) in [5.41, 5.74) is -0.00490. The van der Waals surface area contributed by atoms with Crippen LogP contribution in [0.5, 0.6) is 0 Å². The third-order valence-corrected chi connectivity index (χ3v) is 4.72. The van der Waals surface area contributed by atoms with Gasteiger partial charge in [-0.15, -0.1) is 0 Å². The molecule has 2 aromatic rings. The minimum Gasteiger partial charge on any atom is -0.385 e. The minimum atomic E-state index is -3.79. The van der Waals surface area contributed by atoms with Crippen molar-refractivity contribution in [1.82, 2.24) is 0 Å². The molecule has 24 heavy (non-hydrogen) atoms. The van der Waals surface area contributed by atoms with Crippen molar-refractivity contribution in [3.8, 4) is 0 Å². The molecule has 0 heterocycles. The monoisotopic (exact) mass is 351 g/mol. The highest BCUT2D eigenvalue weighted by molar-refractivity contribution is 7.92. The maximum absolute atomic E-state index is 13.9. The van der Waals surface area contributed by atoms with Crippen LogP contribution in [0.1, 0.15) is 23.2 Å². The summed E-state index contributed by atoms with van der Waals surface area (Å²) in [6.45, 7) is 0.397. The van der Waals surface area contributed by atoms with E-state index < -0.39 is 21.6 Å². The molecule has 0 fully saturated rings. The van der Waals surface area contributed by atoms with Crippen molar-refractivity contribution in [2.45, 2.75) is 17.7 Å². The molecule has 0 radical (unpaired) electrons. The fourth-order valence-corrected chi connectivity index (χ4v) is 3.20. The summed E-state index contributed by atoms with van der Waals surface area (Å²) in [7, 11) is -2.28. The third kappa shape index (κ3) is 4.62. The van der Waals surface area contributed by atoms with Crippen molar-refractivity contribution in [1.29, 1.82) is 0 Å². The van der Waals surface area contributed by atoms with Crippen molar-refractivity contribution in [2.24, 2.45) is 0 Å². The van der Waals surface area contributed by atoms with E-state index in [1.54, 1.807) is 18.2 Å². The lowest BCUT2D eigenvalue weighted by atomic mass is 10.1. The first-order valence-corrected chi connectivity index (χ1v) is 8.82. The van der Waals surface area contributed by atoms with Crippen LogP contribution < -0.4 is 4.72 Å². The molecule has 0 aliphatic heterocycles. The van der Waals surface area contributed by atoms with Crippen LogP contribution >= 0.6 is 0 Å². The SMILES string of the molecule is COCCCC(=O)c1cc(NS(=O)(=O)c2ccccc2)ccc1F. The Morgan fingerprint density at radius 3 is 2.54 bits per heavy atom. The zero-order valence-corrected chi connectivity index (χ0v) is 14.0. The van der Waals surface area contributed by atoms with Crippen molar-refractivity contribution < 1.29 is 22.3 Å². The highest BCUT2D eigenvalue weighted by atomic mass is 32.2. The first-order valence-electron chi connectivity index (χ1n) is 7.33. The number of anilines is 1. The van der Waals surface area contributed by atoms with Crippen LogP contribution in [0.2, 0.25) is 0 Å². The molecule has 5 nitrogen and oxygen atoms in total. The van der Waals surface area contributed by atoms with Crippen LogP contribution in [0, 0.1) is 5.82 Å². The van der Waals surface area contributed by atoms with Gasteiger partial charge in [0, 0.05) is 25.8 Å². The number of ether oxygens (including phenoxy) is 1. The number of nitrogens with one attached hydrogen (secondary N) is 1. The number of methoxy groups -OCH3 is 1. The average Bonchev–Trinajstić information content (AvgIpc) is 2.57. The number of rotatable bonds is 8. The van der Waals surface area contributed by atoms with E-state index in [1.165, 1.54) is 31.4 Å². The molecule has 0 aliphatic rings. The van der Waals surface area contributed by atoms with Gasteiger partial charge in [-0.3, -0.25) is 9.52 Å². The van der Waals surface area contributed by atoms with E-state index in [9.17, 15) is 17.6 Å². The van der Waals surface area contributed by atoms with Crippen molar-refractivity contribution >= 4 is 21.5 Å². The first kappa shape index (κ1) is 18.1. The summed E-state index contributed by atoms with van der Waals surface area (Å²) in [6.07, 6.45) is 0.592. The summed E-state index contributed by atoms with van der Waals surface area (Å²) in [4.78, 5) is 12.1. The molecular formula is C17H18FNO4S. The fourth-order valence-electron chi connectivity index (χ4n) is 2.13. The lowest BCUT2D eigenvalue weighted by Crippen LogP contribution is -2.14. The van der Waals surface area contributed by atoms with E-state index in [4.69, 9.17) is 4.74 Å². The molecule has 0 bridgehead atoms. The largest absolute Gasteiger partial charge is 0.385 e. The Hall–Kier alpha value is -2.25. The third-order valence-electron chi connectivity index (χ3n) is 3.32. The van der Waals surface area contributed by atoms with E-state index in [0.29, 0.717) is 13.0 Å². The quantitative estimate of drug-likeness (QED) is 0.585. The Labute approximate surface area is 140 Å². The molecule has 2 aromatic carbocycles. The number of Topliss-reactive ketones (excluding diaryl/α,β-unsaturated/α-hetero) is 1. The van der Waals surface area contributed by atoms with E-state index in [0.717, 1.165) is 6.07 Å². The fraction of sp³-hybridized carbons (Fsp3) is 0.235. The molecule has 0 unspecified atom stereocenters. The normalized spacial score (nSPS) is 11.2. The molecule has 0 saturated heterocycles. The van der Waals surface area contributed by atoms with E-state index in [-0.39, 0.29) is 22.6 Å². The van der Waals surface area contributed by atoms with Gasteiger partial charge in [-0.05, 0) is 36.8 Å². The van der Waals surface area contributed by atoms with Crippen LogP contribution in [0.3, 0.4) is 0 Å². The highest BCUT2D eigenvalue weighted by Gasteiger charge is 2.17. The summed E-state index contributed by atoms with van der Waals surface area (Å²) in [5.74, 6) is -1.08. The molecular weight excluding hydrogens is 333 g/mol. The van der Waals surface area contributed by atoms with Crippen molar-refractivity contribution in [3.05, 3.63) is 59.9 Å². The summed E-state index contributed by atoms with van der Waals surface area (Å²) < 4.78 is 45.6. The van der Waals surface area contributed by atoms with E-state index in [2.05, 4.69) is 4.72 Å². The summed E-state index contributed by atoms with van der Waals surface area (Å²) >= 11 is 0. The Balaban J connectivity index is 2.20. The number of carbonyl (C=O) groups is 1. The number of ketones is 1. The highest BCUT2D eigenvalue weighted by Crippen LogP contribution is 2.20. The van der Waals surface area contributed by atoms with Gasteiger partial charge in [-0.25, -0.2) is 12.8 Å². The lowest BCUT2D eigenvalue weighted by molar-refractivity contribution is 0.0959. The zero-order valence-electron chi connectivity index (χ0n) is 13.2. The van der Waals surface area contributed by atoms with Gasteiger partial charge < -0.3 is 4.74 Å².